The Labute approximate surface area is 228 Å². The molecule has 8 heteroatoms. The Kier molecular flexibility index (Phi) is 7.58. The van der Waals surface area contributed by atoms with Crippen molar-refractivity contribution in [2.75, 3.05) is 5.32 Å². The lowest BCUT2D eigenvalue weighted by atomic mass is 9.83. The van der Waals surface area contributed by atoms with Gasteiger partial charge in [0.05, 0.1) is 11.3 Å². The summed E-state index contributed by atoms with van der Waals surface area (Å²) in [6.45, 7) is 10.3. The molecule has 2 atom stereocenters. The average molecular weight is 527 g/mol. The summed E-state index contributed by atoms with van der Waals surface area (Å²) in [5, 5.41) is 15.2. The van der Waals surface area contributed by atoms with Crippen LogP contribution in [0.3, 0.4) is 0 Å². The second kappa shape index (κ2) is 10.7. The number of nitrogens with zero attached hydrogens (tertiary/aromatic N) is 2. The van der Waals surface area contributed by atoms with E-state index in [1.807, 2.05) is 56.3 Å². The Morgan fingerprint density at radius 3 is 2.21 bits per heavy atom. The summed E-state index contributed by atoms with van der Waals surface area (Å²) in [6, 6.07) is 13.8. The highest BCUT2D eigenvalue weighted by molar-refractivity contribution is 5.95. The van der Waals surface area contributed by atoms with Crippen molar-refractivity contribution in [3.63, 3.8) is 0 Å². The van der Waals surface area contributed by atoms with Crippen molar-refractivity contribution < 1.29 is 14.7 Å². The molecular weight excluding hydrogens is 492 g/mol. The van der Waals surface area contributed by atoms with Gasteiger partial charge in [0.15, 0.2) is 5.82 Å². The van der Waals surface area contributed by atoms with Crippen molar-refractivity contribution in [2.45, 2.75) is 46.0 Å². The number of anilines is 2. The van der Waals surface area contributed by atoms with Crippen molar-refractivity contribution in [1.29, 1.82) is 0 Å². The zero-order chi connectivity index (χ0) is 28.5. The second-order valence-corrected chi connectivity index (χ2v) is 10.9. The monoisotopic (exact) mass is 526 g/mol. The van der Waals surface area contributed by atoms with E-state index in [-0.39, 0.29) is 40.1 Å². The van der Waals surface area contributed by atoms with Crippen LogP contribution in [0.1, 0.15) is 71.3 Å². The molecule has 39 heavy (non-hydrogen) atoms. The van der Waals surface area contributed by atoms with Gasteiger partial charge < -0.3 is 20.3 Å². The summed E-state index contributed by atoms with van der Waals surface area (Å²) in [5.74, 6) is -1.36. The minimum Gasteiger partial charge on any atom is -0.478 e. The lowest BCUT2D eigenvalue weighted by Crippen LogP contribution is -2.32. The van der Waals surface area contributed by atoms with E-state index in [1.165, 1.54) is 12.1 Å². The van der Waals surface area contributed by atoms with Gasteiger partial charge in [-0.3, -0.25) is 9.59 Å². The highest BCUT2D eigenvalue weighted by Gasteiger charge is 2.28. The number of carboxylic acid groups (broad SMARTS) is 1. The maximum atomic E-state index is 13.1. The Hall–Kier alpha value is -4.46. The van der Waals surface area contributed by atoms with Gasteiger partial charge in [0, 0.05) is 41.5 Å². The molecule has 1 aromatic heterocycles. The minimum absolute atomic E-state index is 0.00368. The summed E-state index contributed by atoms with van der Waals surface area (Å²) >= 11 is 0. The van der Waals surface area contributed by atoms with Crippen LogP contribution in [0, 0.1) is 12.8 Å². The third-order valence-electron chi connectivity index (χ3n) is 7.22. The van der Waals surface area contributed by atoms with Crippen molar-refractivity contribution in [1.82, 2.24) is 14.9 Å². The number of benzene rings is 2. The van der Waals surface area contributed by atoms with Crippen molar-refractivity contribution in [3.05, 3.63) is 111 Å². The number of allylic oxidation sites excluding steroid dienone is 4. The lowest BCUT2D eigenvalue weighted by Gasteiger charge is -2.28. The zero-order valence-electron chi connectivity index (χ0n) is 23.1. The van der Waals surface area contributed by atoms with Gasteiger partial charge in [0.25, 0.3) is 11.5 Å². The molecule has 0 radical (unpaired) electrons. The standard InChI is InChI=1S/C31H34N4O4/c1-18-24(8-7-9-25(18)33-28(36)20-10-14-22(15-11-20)31(3,4)5)26-19(2)35(6)29(37)27(34-26)32-23-16-12-21(13-17-23)30(38)39/h7-18,24H,1-6H3,(H,32,34)(H,33,36)(H,38,39). The van der Waals surface area contributed by atoms with Gasteiger partial charge in [-0.05, 0) is 60.4 Å². The number of amides is 1. The number of aromatic nitrogens is 2. The van der Waals surface area contributed by atoms with E-state index in [4.69, 9.17) is 10.1 Å². The van der Waals surface area contributed by atoms with Crippen LogP contribution in [0.4, 0.5) is 11.5 Å². The Balaban J connectivity index is 1.57. The summed E-state index contributed by atoms with van der Waals surface area (Å²) < 4.78 is 1.55. The van der Waals surface area contributed by atoms with E-state index >= 15 is 0 Å². The number of rotatable bonds is 6. The molecule has 0 spiro atoms. The largest absolute Gasteiger partial charge is 0.478 e. The molecule has 8 nitrogen and oxygen atoms in total. The van der Waals surface area contributed by atoms with E-state index in [0.29, 0.717) is 16.9 Å². The molecular formula is C31H34N4O4. The van der Waals surface area contributed by atoms with Gasteiger partial charge >= 0.3 is 5.97 Å². The molecule has 3 N–H and O–H groups in total. The molecule has 0 saturated carbocycles. The van der Waals surface area contributed by atoms with E-state index in [9.17, 15) is 14.4 Å². The fourth-order valence-electron chi connectivity index (χ4n) is 4.56. The molecule has 1 heterocycles. The van der Waals surface area contributed by atoms with E-state index in [2.05, 4.69) is 31.4 Å². The molecule has 0 fully saturated rings. The van der Waals surface area contributed by atoms with Crippen molar-refractivity contribution >= 4 is 23.4 Å². The molecule has 202 valence electrons. The first kappa shape index (κ1) is 27.6. The summed E-state index contributed by atoms with van der Waals surface area (Å²) in [7, 11) is 1.69. The smallest absolute Gasteiger partial charge is 0.335 e. The number of hydrogen-bond acceptors (Lipinski definition) is 5. The van der Waals surface area contributed by atoms with Gasteiger partial charge in [0.2, 0.25) is 0 Å². The van der Waals surface area contributed by atoms with Crippen LogP contribution in [0.2, 0.25) is 0 Å². The first-order chi connectivity index (χ1) is 18.4. The molecule has 0 saturated heterocycles. The number of carbonyl (C=O) groups is 2. The average Bonchev–Trinajstić information content (AvgIpc) is 2.90. The Morgan fingerprint density at radius 1 is 1.00 bits per heavy atom. The number of nitrogens with one attached hydrogen (secondary N) is 2. The highest BCUT2D eigenvalue weighted by atomic mass is 16.4. The molecule has 3 aromatic rings. The predicted molar refractivity (Wildman–Crippen MR) is 153 cm³/mol. The molecule has 1 amide bonds. The predicted octanol–water partition coefficient (Wildman–Crippen LogP) is 5.43. The summed E-state index contributed by atoms with van der Waals surface area (Å²) in [4.78, 5) is 41.9. The molecule has 2 unspecified atom stereocenters. The number of hydrogen-bond donors (Lipinski definition) is 3. The number of aromatic carboxylic acids is 1. The normalized spacial score (nSPS) is 16.9. The van der Waals surface area contributed by atoms with Gasteiger partial charge in [-0.25, -0.2) is 9.78 Å². The van der Waals surface area contributed by atoms with Crippen LogP contribution >= 0.6 is 0 Å². The Bertz CT molecular complexity index is 1520. The van der Waals surface area contributed by atoms with Gasteiger partial charge in [-0.2, -0.15) is 0 Å². The topological polar surface area (TPSA) is 113 Å². The second-order valence-electron chi connectivity index (χ2n) is 10.9. The third-order valence-corrected chi connectivity index (χ3v) is 7.22. The molecule has 2 aromatic carbocycles. The fourth-order valence-corrected chi connectivity index (χ4v) is 4.56. The molecule has 0 aliphatic heterocycles. The maximum Gasteiger partial charge on any atom is 0.335 e. The minimum atomic E-state index is -1.02. The van der Waals surface area contributed by atoms with E-state index in [1.54, 1.807) is 23.7 Å². The van der Waals surface area contributed by atoms with E-state index in [0.717, 1.165) is 17.0 Å². The summed E-state index contributed by atoms with van der Waals surface area (Å²) in [5.41, 5.74) is 4.35. The van der Waals surface area contributed by atoms with Gasteiger partial charge in [0.1, 0.15) is 0 Å². The van der Waals surface area contributed by atoms with Crippen LogP contribution in [-0.4, -0.2) is 26.5 Å². The van der Waals surface area contributed by atoms with Crippen LogP contribution in [-0.2, 0) is 12.5 Å². The lowest BCUT2D eigenvalue weighted by molar-refractivity contribution is 0.0696. The SMILES string of the molecule is Cc1c(C2C=CC=C(NC(=O)c3ccc(C(C)(C)C)cc3)C2C)nc(Nc2ccc(C(=O)O)cc2)c(=O)n1C. The van der Waals surface area contributed by atoms with Crippen LogP contribution in [0.5, 0.6) is 0 Å². The molecule has 1 aliphatic carbocycles. The van der Waals surface area contributed by atoms with Gasteiger partial charge in [-0.15, -0.1) is 0 Å². The van der Waals surface area contributed by atoms with Gasteiger partial charge in [-0.1, -0.05) is 52.0 Å². The number of carbonyl (C=O) groups excluding carboxylic acids is 1. The zero-order valence-corrected chi connectivity index (χ0v) is 23.1. The van der Waals surface area contributed by atoms with Crippen molar-refractivity contribution in [2.24, 2.45) is 13.0 Å². The quantitative estimate of drug-likeness (QED) is 0.395. The maximum absolute atomic E-state index is 13.1. The molecule has 1 aliphatic rings. The third kappa shape index (κ3) is 5.85. The fraction of sp³-hybridized carbons (Fsp3) is 0.290. The number of carboxylic acids is 1. The van der Waals surface area contributed by atoms with Crippen LogP contribution in [0.25, 0.3) is 0 Å². The Morgan fingerprint density at radius 2 is 1.62 bits per heavy atom. The van der Waals surface area contributed by atoms with E-state index < -0.39 is 5.97 Å². The summed E-state index contributed by atoms with van der Waals surface area (Å²) in [6.07, 6.45) is 5.81. The molecule has 0 bridgehead atoms. The first-order valence-corrected chi connectivity index (χ1v) is 12.8. The van der Waals surface area contributed by atoms with Crippen molar-refractivity contribution in [3.8, 4) is 0 Å². The highest BCUT2D eigenvalue weighted by Crippen LogP contribution is 2.34. The molecule has 4 rings (SSSR count). The van der Waals surface area contributed by atoms with Crippen LogP contribution < -0.4 is 16.2 Å². The van der Waals surface area contributed by atoms with Crippen LogP contribution in [0.15, 0.2) is 77.3 Å². The first-order valence-electron chi connectivity index (χ1n) is 12.8.